The molecule has 60 valence electrons. The van der Waals surface area contributed by atoms with Crippen LogP contribution in [-0.4, -0.2) is 30.8 Å². The molecule has 3 nitrogen and oxygen atoms in total. The van der Waals surface area contributed by atoms with Crippen molar-refractivity contribution in [2.75, 3.05) is 14.1 Å². The average molecular weight is 152 g/mol. The van der Waals surface area contributed by atoms with Gasteiger partial charge < -0.3 is 10.5 Å². The molecule has 2 rings (SSSR count). The van der Waals surface area contributed by atoms with Crippen LogP contribution < -0.4 is 5.73 Å². The summed E-state index contributed by atoms with van der Waals surface area (Å²) in [5.41, 5.74) is 6.21. The smallest absolute Gasteiger partial charge is 0.171 e. The highest BCUT2D eigenvalue weighted by molar-refractivity contribution is 5.34. The number of likely N-dealkylation sites (N-methyl/N-ethyl adjacent to an activating group) is 1. The molecule has 1 saturated heterocycles. The third-order valence-corrected chi connectivity index (χ3v) is 2.22. The first-order valence-corrected chi connectivity index (χ1v) is 3.67. The van der Waals surface area contributed by atoms with Crippen LogP contribution in [0.2, 0.25) is 0 Å². The van der Waals surface area contributed by atoms with Crippen LogP contribution in [0.3, 0.4) is 0 Å². The third-order valence-electron chi connectivity index (χ3n) is 2.22. The number of ether oxygens (including phenoxy) is 1. The van der Waals surface area contributed by atoms with E-state index in [1.54, 1.807) is 0 Å². The molecule has 0 amide bonds. The minimum atomic E-state index is -0.178. The normalized spacial score (nSPS) is 40.3. The highest BCUT2D eigenvalue weighted by Crippen LogP contribution is 2.43. The lowest BCUT2D eigenvalue weighted by atomic mass is 10.1. The van der Waals surface area contributed by atoms with E-state index in [-0.39, 0.29) is 11.8 Å². The van der Waals surface area contributed by atoms with Gasteiger partial charge in [-0.3, -0.25) is 4.90 Å². The molecule has 0 spiro atoms. The second-order valence-electron chi connectivity index (χ2n) is 3.18. The molecule has 11 heavy (non-hydrogen) atoms. The predicted molar refractivity (Wildman–Crippen MR) is 42.7 cm³/mol. The van der Waals surface area contributed by atoms with E-state index in [0.717, 1.165) is 5.70 Å². The fraction of sp³-hybridized carbons (Fsp3) is 0.500. The summed E-state index contributed by atoms with van der Waals surface area (Å²) in [7, 11) is 4.00. The summed E-state index contributed by atoms with van der Waals surface area (Å²) in [5.74, 6) is 0. The molecule has 0 aromatic heterocycles. The summed E-state index contributed by atoms with van der Waals surface area (Å²) < 4.78 is 5.48. The van der Waals surface area contributed by atoms with Gasteiger partial charge in [-0.1, -0.05) is 0 Å². The Morgan fingerprint density at radius 3 is 2.91 bits per heavy atom. The van der Waals surface area contributed by atoms with Gasteiger partial charge in [-0.15, -0.1) is 0 Å². The number of nitrogens with two attached hydrogens (primary N) is 1. The molecular formula is C8H12N2O. The minimum absolute atomic E-state index is 0.169. The van der Waals surface area contributed by atoms with Gasteiger partial charge in [0.2, 0.25) is 0 Å². The zero-order chi connectivity index (χ0) is 8.06. The summed E-state index contributed by atoms with van der Waals surface area (Å²) in [6, 6.07) is 0. The zero-order valence-electron chi connectivity index (χ0n) is 6.74. The molecule has 2 atom stereocenters. The molecule has 0 saturated carbocycles. The summed E-state index contributed by atoms with van der Waals surface area (Å²) in [4.78, 5) is 2.05. The van der Waals surface area contributed by atoms with Gasteiger partial charge in [0.25, 0.3) is 0 Å². The van der Waals surface area contributed by atoms with E-state index < -0.39 is 0 Å². The Labute approximate surface area is 66.1 Å². The number of nitrogens with zero attached hydrogens (tertiary/aromatic N) is 1. The van der Waals surface area contributed by atoms with Crippen molar-refractivity contribution in [1.82, 2.24) is 4.90 Å². The molecule has 1 aliphatic heterocycles. The van der Waals surface area contributed by atoms with Crippen LogP contribution in [0.4, 0.5) is 0 Å². The van der Waals surface area contributed by atoms with E-state index in [9.17, 15) is 0 Å². The van der Waals surface area contributed by atoms with Gasteiger partial charge in [0.1, 0.15) is 6.10 Å². The second kappa shape index (κ2) is 1.87. The maximum Gasteiger partial charge on any atom is 0.171 e. The quantitative estimate of drug-likeness (QED) is 0.540. The lowest BCUT2D eigenvalue weighted by Crippen LogP contribution is -2.33. The monoisotopic (exact) mass is 152 g/mol. The lowest BCUT2D eigenvalue weighted by Gasteiger charge is -2.18. The van der Waals surface area contributed by atoms with Crippen LogP contribution in [0.25, 0.3) is 0 Å². The van der Waals surface area contributed by atoms with Gasteiger partial charge in [-0.2, -0.15) is 0 Å². The van der Waals surface area contributed by atoms with Crippen molar-refractivity contribution in [2.24, 2.45) is 5.73 Å². The molecule has 2 aliphatic rings. The Hall–Kier alpha value is -0.800. The van der Waals surface area contributed by atoms with Crippen molar-refractivity contribution in [3.05, 3.63) is 23.9 Å². The van der Waals surface area contributed by atoms with Gasteiger partial charge in [0, 0.05) is 5.70 Å². The van der Waals surface area contributed by atoms with E-state index >= 15 is 0 Å². The van der Waals surface area contributed by atoms with Gasteiger partial charge >= 0.3 is 0 Å². The van der Waals surface area contributed by atoms with Crippen LogP contribution in [0.5, 0.6) is 0 Å². The van der Waals surface area contributed by atoms with Crippen molar-refractivity contribution in [2.45, 2.75) is 11.8 Å². The summed E-state index contributed by atoms with van der Waals surface area (Å²) >= 11 is 0. The molecule has 1 heterocycles. The highest BCUT2D eigenvalue weighted by atomic mass is 16.6. The zero-order valence-corrected chi connectivity index (χ0v) is 6.74. The Bertz CT molecular complexity index is 244. The molecular weight excluding hydrogens is 140 g/mol. The molecule has 2 N–H and O–H groups in total. The van der Waals surface area contributed by atoms with Gasteiger partial charge in [0.05, 0.1) is 0 Å². The Balaban J connectivity index is 2.23. The van der Waals surface area contributed by atoms with Crippen LogP contribution in [0.15, 0.2) is 23.9 Å². The Morgan fingerprint density at radius 1 is 1.64 bits per heavy atom. The van der Waals surface area contributed by atoms with E-state index in [1.807, 2.05) is 32.3 Å². The van der Waals surface area contributed by atoms with Crippen LogP contribution in [-0.2, 0) is 4.74 Å². The largest absolute Gasteiger partial charge is 0.399 e. The summed E-state index contributed by atoms with van der Waals surface area (Å²) in [6.45, 7) is 0. The highest BCUT2D eigenvalue weighted by Gasteiger charge is 2.56. The topological polar surface area (TPSA) is 41.8 Å². The van der Waals surface area contributed by atoms with E-state index in [4.69, 9.17) is 10.5 Å². The molecule has 2 unspecified atom stereocenters. The van der Waals surface area contributed by atoms with Crippen molar-refractivity contribution < 1.29 is 4.74 Å². The fourth-order valence-electron chi connectivity index (χ4n) is 1.41. The number of rotatable bonds is 1. The summed E-state index contributed by atoms with van der Waals surface area (Å²) in [5, 5.41) is 0. The second-order valence-corrected chi connectivity index (χ2v) is 3.18. The van der Waals surface area contributed by atoms with Crippen molar-refractivity contribution in [3.63, 3.8) is 0 Å². The number of epoxide rings is 1. The minimum Gasteiger partial charge on any atom is -0.399 e. The first kappa shape index (κ1) is 6.88. The van der Waals surface area contributed by atoms with Crippen molar-refractivity contribution in [3.8, 4) is 0 Å². The molecule has 0 aromatic carbocycles. The Morgan fingerprint density at radius 2 is 2.36 bits per heavy atom. The molecule has 1 aliphatic carbocycles. The molecule has 1 fully saturated rings. The van der Waals surface area contributed by atoms with Crippen LogP contribution >= 0.6 is 0 Å². The maximum absolute atomic E-state index is 5.59. The van der Waals surface area contributed by atoms with Crippen molar-refractivity contribution in [1.29, 1.82) is 0 Å². The van der Waals surface area contributed by atoms with Crippen LogP contribution in [0, 0.1) is 0 Å². The number of hydrogen-bond acceptors (Lipinski definition) is 3. The predicted octanol–water partition coefficient (Wildman–Crippen LogP) is 0.0555. The SMILES string of the molecule is CN(C)C12C=CC(N)=CC1O2. The summed E-state index contributed by atoms with van der Waals surface area (Å²) in [6.07, 6.45) is 6.01. The number of fused-ring (bicyclic) bond motifs is 1. The first-order chi connectivity index (χ1) is 5.15. The van der Waals surface area contributed by atoms with E-state index in [0.29, 0.717) is 0 Å². The standard InChI is InChI=1S/C8H12N2O/c1-10(2)8-4-3-6(9)5-7(8)11-8/h3-5,7H,9H2,1-2H3. The third kappa shape index (κ3) is 0.814. The Kier molecular flexibility index (Phi) is 1.17. The number of hydrogen-bond donors (Lipinski definition) is 1. The first-order valence-electron chi connectivity index (χ1n) is 3.67. The molecule has 0 bridgehead atoms. The lowest BCUT2D eigenvalue weighted by molar-refractivity contribution is 0.178. The molecule has 0 radical (unpaired) electrons. The molecule has 0 aromatic rings. The number of allylic oxidation sites excluding steroid dienone is 1. The van der Waals surface area contributed by atoms with Crippen molar-refractivity contribution >= 4 is 0 Å². The maximum atomic E-state index is 5.59. The van der Waals surface area contributed by atoms with Gasteiger partial charge in [-0.05, 0) is 32.3 Å². The van der Waals surface area contributed by atoms with Gasteiger partial charge in [0.15, 0.2) is 5.72 Å². The van der Waals surface area contributed by atoms with Gasteiger partial charge in [-0.25, -0.2) is 0 Å². The molecule has 3 heteroatoms. The van der Waals surface area contributed by atoms with E-state index in [2.05, 4.69) is 4.90 Å². The fourth-order valence-corrected chi connectivity index (χ4v) is 1.41. The van der Waals surface area contributed by atoms with E-state index in [1.165, 1.54) is 0 Å². The van der Waals surface area contributed by atoms with Crippen LogP contribution in [0.1, 0.15) is 0 Å². The average Bonchev–Trinajstić information content (AvgIpc) is 2.62.